The first-order valence-corrected chi connectivity index (χ1v) is 9.53. The van der Waals surface area contributed by atoms with Gasteiger partial charge in [0.2, 0.25) is 0 Å². The average molecular weight is 372 g/mol. The number of likely N-dealkylation sites (tertiary alicyclic amines) is 1. The van der Waals surface area contributed by atoms with Crippen LogP contribution >= 0.6 is 11.6 Å². The second-order valence-electron chi connectivity index (χ2n) is 7.04. The van der Waals surface area contributed by atoms with Crippen LogP contribution in [0.4, 0.5) is 5.69 Å². The highest BCUT2D eigenvalue weighted by molar-refractivity contribution is 6.30. The SMILES string of the molecule is CN1CCC(CNCc2cccc(NC(=O)c3ccc(Cl)cc3)c2)CC1. The molecule has 0 spiro atoms. The number of hydrogen-bond acceptors (Lipinski definition) is 3. The fourth-order valence-corrected chi connectivity index (χ4v) is 3.38. The molecule has 0 unspecified atom stereocenters. The van der Waals surface area contributed by atoms with E-state index >= 15 is 0 Å². The fourth-order valence-electron chi connectivity index (χ4n) is 3.25. The largest absolute Gasteiger partial charge is 0.322 e. The van der Waals surface area contributed by atoms with E-state index in [1.807, 2.05) is 18.2 Å². The number of benzene rings is 2. The Morgan fingerprint density at radius 3 is 2.62 bits per heavy atom. The quantitative estimate of drug-likeness (QED) is 0.805. The molecule has 0 atom stereocenters. The van der Waals surface area contributed by atoms with Gasteiger partial charge in [-0.05, 0) is 87.4 Å². The van der Waals surface area contributed by atoms with Crippen LogP contribution in [0.1, 0.15) is 28.8 Å². The third kappa shape index (κ3) is 5.56. The molecule has 0 radical (unpaired) electrons. The second-order valence-corrected chi connectivity index (χ2v) is 7.48. The van der Waals surface area contributed by atoms with Gasteiger partial charge in [-0.25, -0.2) is 0 Å². The summed E-state index contributed by atoms with van der Waals surface area (Å²) in [6, 6.07) is 14.9. The topological polar surface area (TPSA) is 44.4 Å². The van der Waals surface area contributed by atoms with Gasteiger partial charge < -0.3 is 15.5 Å². The summed E-state index contributed by atoms with van der Waals surface area (Å²) in [6.07, 6.45) is 2.53. The molecule has 4 nitrogen and oxygen atoms in total. The standard InChI is InChI=1S/C21H26ClN3O/c1-25-11-9-16(10-12-25)14-23-15-17-3-2-4-20(13-17)24-21(26)18-5-7-19(22)8-6-18/h2-8,13,16,23H,9-12,14-15H2,1H3,(H,24,26). The predicted molar refractivity (Wildman–Crippen MR) is 108 cm³/mol. The van der Waals surface area contributed by atoms with Crippen molar-refractivity contribution in [3.63, 3.8) is 0 Å². The minimum Gasteiger partial charge on any atom is -0.322 e. The molecule has 138 valence electrons. The van der Waals surface area contributed by atoms with E-state index in [1.54, 1.807) is 24.3 Å². The molecule has 0 aliphatic carbocycles. The first-order valence-electron chi connectivity index (χ1n) is 9.15. The lowest BCUT2D eigenvalue weighted by Gasteiger charge is -2.29. The highest BCUT2D eigenvalue weighted by atomic mass is 35.5. The zero-order valence-electron chi connectivity index (χ0n) is 15.2. The Bertz CT molecular complexity index is 724. The summed E-state index contributed by atoms with van der Waals surface area (Å²) in [4.78, 5) is 14.7. The van der Waals surface area contributed by atoms with E-state index in [0.717, 1.165) is 24.7 Å². The van der Waals surface area contributed by atoms with Gasteiger partial charge in [-0.1, -0.05) is 23.7 Å². The van der Waals surface area contributed by atoms with Gasteiger partial charge in [0.15, 0.2) is 0 Å². The summed E-state index contributed by atoms with van der Waals surface area (Å²) in [7, 11) is 2.19. The summed E-state index contributed by atoms with van der Waals surface area (Å²) in [5, 5.41) is 7.13. The van der Waals surface area contributed by atoms with Crippen molar-refractivity contribution >= 4 is 23.2 Å². The molecule has 26 heavy (non-hydrogen) atoms. The third-order valence-corrected chi connectivity index (χ3v) is 5.14. The number of carbonyl (C=O) groups excluding carboxylic acids is 1. The monoisotopic (exact) mass is 371 g/mol. The summed E-state index contributed by atoms with van der Waals surface area (Å²) in [5.74, 6) is 0.636. The molecule has 3 rings (SSSR count). The van der Waals surface area contributed by atoms with E-state index in [2.05, 4.69) is 28.6 Å². The number of amides is 1. The number of hydrogen-bond donors (Lipinski definition) is 2. The summed E-state index contributed by atoms with van der Waals surface area (Å²) >= 11 is 5.87. The smallest absolute Gasteiger partial charge is 0.255 e. The Labute approximate surface area is 160 Å². The summed E-state index contributed by atoms with van der Waals surface area (Å²) in [5.41, 5.74) is 2.58. The highest BCUT2D eigenvalue weighted by Gasteiger charge is 2.15. The van der Waals surface area contributed by atoms with E-state index in [1.165, 1.54) is 31.5 Å². The Kier molecular flexibility index (Phi) is 6.67. The minimum absolute atomic E-state index is 0.127. The van der Waals surface area contributed by atoms with E-state index in [-0.39, 0.29) is 5.91 Å². The zero-order chi connectivity index (χ0) is 18.4. The van der Waals surface area contributed by atoms with E-state index in [9.17, 15) is 4.79 Å². The Hall–Kier alpha value is -1.88. The van der Waals surface area contributed by atoms with Crippen molar-refractivity contribution in [3.8, 4) is 0 Å². The molecule has 0 saturated carbocycles. The van der Waals surface area contributed by atoms with Gasteiger partial charge >= 0.3 is 0 Å². The van der Waals surface area contributed by atoms with Gasteiger partial charge in [0, 0.05) is 22.8 Å². The van der Waals surface area contributed by atoms with Crippen LogP contribution in [0.3, 0.4) is 0 Å². The van der Waals surface area contributed by atoms with Crippen molar-refractivity contribution in [2.24, 2.45) is 5.92 Å². The first kappa shape index (κ1) is 18.9. The van der Waals surface area contributed by atoms with Crippen molar-refractivity contribution in [1.29, 1.82) is 0 Å². The number of piperidine rings is 1. The number of nitrogens with one attached hydrogen (secondary N) is 2. The molecule has 2 aromatic rings. The molecular formula is C21H26ClN3O. The number of anilines is 1. The third-order valence-electron chi connectivity index (χ3n) is 4.89. The van der Waals surface area contributed by atoms with Crippen LogP contribution < -0.4 is 10.6 Å². The van der Waals surface area contributed by atoms with Crippen LogP contribution in [0.15, 0.2) is 48.5 Å². The summed E-state index contributed by atoms with van der Waals surface area (Å²) in [6.45, 7) is 4.25. The molecule has 1 aliphatic heterocycles. The van der Waals surface area contributed by atoms with Gasteiger partial charge in [-0.2, -0.15) is 0 Å². The van der Waals surface area contributed by atoms with Crippen LogP contribution in [0.25, 0.3) is 0 Å². The first-order chi connectivity index (χ1) is 12.6. The lowest BCUT2D eigenvalue weighted by molar-refractivity contribution is 0.102. The normalized spacial score (nSPS) is 15.8. The molecule has 0 aromatic heterocycles. The van der Waals surface area contributed by atoms with Crippen LogP contribution in [-0.4, -0.2) is 37.5 Å². The molecule has 1 heterocycles. The van der Waals surface area contributed by atoms with Crippen molar-refractivity contribution in [1.82, 2.24) is 10.2 Å². The van der Waals surface area contributed by atoms with E-state index in [4.69, 9.17) is 11.6 Å². The van der Waals surface area contributed by atoms with Gasteiger partial charge in [0.1, 0.15) is 0 Å². The Morgan fingerprint density at radius 2 is 1.88 bits per heavy atom. The van der Waals surface area contributed by atoms with Crippen molar-refractivity contribution in [3.05, 3.63) is 64.7 Å². The number of nitrogens with zero attached hydrogens (tertiary/aromatic N) is 1. The van der Waals surface area contributed by atoms with E-state index in [0.29, 0.717) is 10.6 Å². The van der Waals surface area contributed by atoms with Gasteiger partial charge in [0.05, 0.1) is 0 Å². The van der Waals surface area contributed by atoms with Crippen LogP contribution in [-0.2, 0) is 6.54 Å². The maximum absolute atomic E-state index is 12.3. The number of rotatable bonds is 6. The van der Waals surface area contributed by atoms with Gasteiger partial charge in [-0.15, -0.1) is 0 Å². The number of carbonyl (C=O) groups is 1. The minimum atomic E-state index is -0.127. The molecule has 1 aliphatic rings. The maximum atomic E-state index is 12.3. The maximum Gasteiger partial charge on any atom is 0.255 e. The molecule has 2 aromatic carbocycles. The van der Waals surface area contributed by atoms with Crippen molar-refractivity contribution < 1.29 is 4.79 Å². The highest BCUT2D eigenvalue weighted by Crippen LogP contribution is 2.16. The zero-order valence-corrected chi connectivity index (χ0v) is 15.9. The van der Waals surface area contributed by atoms with Crippen LogP contribution in [0.2, 0.25) is 5.02 Å². The lowest BCUT2D eigenvalue weighted by atomic mass is 9.97. The van der Waals surface area contributed by atoms with Crippen LogP contribution in [0.5, 0.6) is 0 Å². The van der Waals surface area contributed by atoms with Crippen LogP contribution in [0, 0.1) is 5.92 Å². The lowest BCUT2D eigenvalue weighted by Crippen LogP contribution is -2.34. The number of halogens is 1. The van der Waals surface area contributed by atoms with Gasteiger partial charge in [-0.3, -0.25) is 4.79 Å². The molecular weight excluding hydrogens is 346 g/mol. The second kappa shape index (κ2) is 9.17. The molecule has 1 fully saturated rings. The van der Waals surface area contributed by atoms with Crippen molar-refractivity contribution in [2.45, 2.75) is 19.4 Å². The van der Waals surface area contributed by atoms with E-state index < -0.39 is 0 Å². The molecule has 1 amide bonds. The molecule has 0 bridgehead atoms. The molecule has 2 N–H and O–H groups in total. The predicted octanol–water partition coefficient (Wildman–Crippen LogP) is 4.02. The molecule has 1 saturated heterocycles. The van der Waals surface area contributed by atoms with Crippen molar-refractivity contribution in [2.75, 3.05) is 32.0 Å². The Balaban J connectivity index is 1.49. The summed E-state index contributed by atoms with van der Waals surface area (Å²) < 4.78 is 0. The Morgan fingerprint density at radius 1 is 1.15 bits per heavy atom. The van der Waals surface area contributed by atoms with Gasteiger partial charge in [0.25, 0.3) is 5.91 Å². The average Bonchev–Trinajstić information content (AvgIpc) is 2.64. The fraction of sp³-hybridized carbons (Fsp3) is 0.381. The molecule has 5 heteroatoms.